The molecular weight excluding hydrogens is 234 g/mol. The minimum Gasteiger partial charge on any atom is -0.300 e. The van der Waals surface area contributed by atoms with Crippen LogP contribution in [0.5, 0.6) is 0 Å². The molecule has 0 saturated carbocycles. The van der Waals surface area contributed by atoms with Crippen molar-refractivity contribution in [2.75, 3.05) is 0 Å². The average molecular weight is 249 g/mol. The quantitative estimate of drug-likeness (QED) is 0.435. The third-order valence-corrected chi connectivity index (χ3v) is 3.26. The first-order chi connectivity index (χ1) is 8.56. The van der Waals surface area contributed by atoms with E-state index in [1.54, 1.807) is 13.0 Å². The summed E-state index contributed by atoms with van der Waals surface area (Å²) in [4.78, 5) is 35.2. The number of ketones is 1. The Labute approximate surface area is 104 Å². The summed E-state index contributed by atoms with van der Waals surface area (Å²) in [6.45, 7) is 1.59. The highest BCUT2D eigenvalue weighted by Crippen LogP contribution is 2.21. The number of nitrogens with one attached hydrogen (secondary N) is 1. The SMILES string of the molecule is CC(C(=O)NN)n1c2c(ccc1=O)C(=O)CCC2. The first-order valence-corrected chi connectivity index (χ1v) is 5.84. The normalized spacial score (nSPS) is 16.0. The molecule has 1 aromatic heterocycles. The van der Waals surface area contributed by atoms with Gasteiger partial charge in [0, 0.05) is 23.7 Å². The molecule has 1 aliphatic rings. The maximum absolute atomic E-state index is 11.9. The van der Waals surface area contributed by atoms with Crippen LogP contribution in [0.4, 0.5) is 0 Å². The van der Waals surface area contributed by atoms with E-state index in [9.17, 15) is 14.4 Å². The first kappa shape index (κ1) is 12.5. The van der Waals surface area contributed by atoms with E-state index < -0.39 is 11.9 Å². The molecule has 0 aromatic carbocycles. The molecule has 18 heavy (non-hydrogen) atoms. The second kappa shape index (κ2) is 4.73. The first-order valence-electron chi connectivity index (χ1n) is 5.84. The minimum atomic E-state index is -0.719. The number of nitrogens with zero attached hydrogens (tertiary/aromatic N) is 1. The van der Waals surface area contributed by atoms with E-state index in [0.29, 0.717) is 30.5 Å². The Morgan fingerprint density at radius 3 is 2.78 bits per heavy atom. The van der Waals surface area contributed by atoms with E-state index in [1.165, 1.54) is 10.6 Å². The fourth-order valence-corrected chi connectivity index (χ4v) is 2.32. The third kappa shape index (κ3) is 1.95. The maximum atomic E-state index is 11.9. The Morgan fingerprint density at radius 2 is 2.11 bits per heavy atom. The molecule has 1 aliphatic carbocycles. The number of aromatic nitrogens is 1. The van der Waals surface area contributed by atoms with Gasteiger partial charge in [-0.15, -0.1) is 0 Å². The molecule has 1 unspecified atom stereocenters. The summed E-state index contributed by atoms with van der Waals surface area (Å²) >= 11 is 0. The van der Waals surface area contributed by atoms with Gasteiger partial charge < -0.3 is 0 Å². The van der Waals surface area contributed by atoms with Crippen LogP contribution in [-0.2, 0) is 11.2 Å². The summed E-state index contributed by atoms with van der Waals surface area (Å²) in [7, 11) is 0. The molecule has 0 aliphatic heterocycles. The second-order valence-corrected chi connectivity index (χ2v) is 4.36. The lowest BCUT2D eigenvalue weighted by Crippen LogP contribution is -2.41. The number of fused-ring (bicyclic) bond motifs is 1. The lowest BCUT2D eigenvalue weighted by Gasteiger charge is -2.23. The number of carbonyl (C=O) groups excluding carboxylic acids is 2. The fraction of sp³-hybridized carbons (Fsp3) is 0.417. The number of nitrogens with two attached hydrogens (primary N) is 1. The number of hydrazine groups is 1. The molecule has 1 aromatic rings. The predicted octanol–water partition coefficient (Wildman–Crippen LogP) is -0.0818. The van der Waals surface area contributed by atoms with Crippen molar-refractivity contribution in [2.24, 2.45) is 5.84 Å². The van der Waals surface area contributed by atoms with Gasteiger partial charge in [0.05, 0.1) is 0 Å². The van der Waals surface area contributed by atoms with Crippen LogP contribution in [0.25, 0.3) is 0 Å². The summed E-state index contributed by atoms with van der Waals surface area (Å²) in [6.07, 6.45) is 1.81. The number of carbonyl (C=O) groups is 2. The van der Waals surface area contributed by atoms with Gasteiger partial charge in [0.15, 0.2) is 5.78 Å². The summed E-state index contributed by atoms with van der Waals surface area (Å²) in [5, 5.41) is 0. The Morgan fingerprint density at radius 1 is 1.39 bits per heavy atom. The monoisotopic (exact) mass is 249 g/mol. The largest absolute Gasteiger partial charge is 0.300 e. The van der Waals surface area contributed by atoms with E-state index in [4.69, 9.17) is 5.84 Å². The highest BCUT2D eigenvalue weighted by Gasteiger charge is 2.25. The van der Waals surface area contributed by atoms with Crippen molar-refractivity contribution in [3.05, 3.63) is 33.7 Å². The van der Waals surface area contributed by atoms with Crippen LogP contribution in [0.1, 0.15) is 41.9 Å². The molecular formula is C12H15N3O3. The van der Waals surface area contributed by atoms with Crippen LogP contribution in [0.15, 0.2) is 16.9 Å². The molecule has 6 heteroatoms. The van der Waals surface area contributed by atoms with Crippen molar-refractivity contribution in [3.63, 3.8) is 0 Å². The van der Waals surface area contributed by atoms with Crippen LogP contribution < -0.4 is 16.8 Å². The fourth-order valence-electron chi connectivity index (χ4n) is 2.32. The number of rotatable bonds is 2. The molecule has 3 N–H and O–H groups in total. The van der Waals surface area contributed by atoms with E-state index in [2.05, 4.69) is 0 Å². The van der Waals surface area contributed by atoms with E-state index in [0.717, 1.165) is 0 Å². The Bertz CT molecular complexity index is 562. The number of hydrogen-bond acceptors (Lipinski definition) is 4. The number of hydrogen-bond donors (Lipinski definition) is 2. The number of amides is 1. The van der Waals surface area contributed by atoms with Gasteiger partial charge in [-0.25, -0.2) is 5.84 Å². The van der Waals surface area contributed by atoms with Gasteiger partial charge in [-0.1, -0.05) is 0 Å². The number of pyridine rings is 1. The molecule has 0 saturated heterocycles. The second-order valence-electron chi connectivity index (χ2n) is 4.36. The van der Waals surface area contributed by atoms with Crippen LogP contribution in [-0.4, -0.2) is 16.3 Å². The molecule has 6 nitrogen and oxygen atoms in total. The van der Waals surface area contributed by atoms with Gasteiger partial charge in [-0.2, -0.15) is 0 Å². The van der Waals surface area contributed by atoms with Crippen molar-refractivity contribution in [1.82, 2.24) is 9.99 Å². The molecule has 96 valence electrons. The van der Waals surface area contributed by atoms with Gasteiger partial charge in [-0.05, 0) is 25.8 Å². The topological polar surface area (TPSA) is 94.2 Å². The van der Waals surface area contributed by atoms with E-state index in [-0.39, 0.29) is 11.3 Å². The summed E-state index contributed by atoms with van der Waals surface area (Å²) in [6, 6.07) is 2.15. The van der Waals surface area contributed by atoms with Gasteiger partial charge in [0.1, 0.15) is 6.04 Å². The van der Waals surface area contributed by atoms with Gasteiger partial charge in [0.2, 0.25) is 0 Å². The third-order valence-electron chi connectivity index (χ3n) is 3.26. The zero-order valence-corrected chi connectivity index (χ0v) is 10.1. The van der Waals surface area contributed by atoms with E-state index >= 15 is 0 Å². The minimum absolute atomic E-state index is 0.0188. The zero-order chi connectivity index (χ0) is 13.3. The van der Waals surface area contributed by atoms with Crippen LogP contribution in [0.3, 0.4) is 0 Å². The van der Waals surface area contributed by atoms with Gasteiger partial charge in [-0.3, -0.25) is 24.4 Å². The van der Waals surface area contributed by atoms with Crippen LogP contribution in [0, 0.1) is 0 Å². The smallest absolute Gasteiger partial charge is 0.256 e. The van der Waals surface area contributed by atoms with E-state index in [1.807, 2.05) is 5.43 Å². The lowest BCUT2D eigenvalue weighted by atomic mass is 9.94. The highest BCUT2D eigenvalue weighted by atomic mass is 16.2. The molecule has 0 bridgehead atoms. The Hall–Kier alpha value is -1.95. The molecule has 1 atom stereocenters. The van der Waals surface area contributed by atoms with Crippen molar-refractivity contribution >= 4 is 11.7 Å². The van der Waals surface area contributed by atoms with Crippen molar-refractivity contribution in [3.8, 4) is 0 Å². The van der Waals surface area contributed by atoms with Crippen LogP contribution in [0.2, 0.25) is 0 Å². The molecule has 0 spiro atoms. The van der Waals surface area contributed by atoms with Crippen LogP contribution >= 0.6 is 0 Å². The zero-order valence-electron chi connectivity index (χ0n) is 10.1. The van der Waals surface area contributed by atoms with Crippen molar-refractivity contribution in [2.45, 2.75) is 32.2 Å². The Balaban J connectivity index is 2.59. The van der Waals surface area contributed by atoms with Gasteiger partial charge in [0.25, 0.3) is 11.5 Å². The predicted molar refractivity (Wildman–Crippen MR) is 65.0 cm³/mol. The molecule has 0 radical (unpaired) electrons. The van der Waals surface area contributed by atoms with Crippen molar-refractivity contribution < 1.29 is 9.59 Å². The lowest BCUT2D eigenvalue weighted by molar-refractivity contribution is -0.124. The summed E-state index contributed by atoms with van der Waals surface area (Å²) in [5.41, 5.74) is 2.91. The molecule has 2 rings (SSSR count). The van der Waals surface area contributed by atoms with Crippen molar-refractivity contribution in [1.29, 1.82) is 0 Å². The standard InChI is InChI=1S/C12H15N3O3/c1-7(12(18)14-13)15-9-3-2-4-10(16)8(9)5-6-11(15)17/h5-7H,2-4,13H2,1H3,(H,14,18). The Kier molecular flexibility index (Phi) is 3.29. The molecule has 1 heterocycles. The van der Waals surface area contributed by atoms with Gasteiger partial charge >= 0.3 is 0 Å². The highest BCUT2D eigenvalue weighted by molar-refractivity contribution is 5.98. The molecule has 1 amide bonds. The maximum Gasteiger partial charge on any atom is 0.256 e. The molecule has 0 fully saturated rings. The number of Topliss-reactive ketones (excluding diaryl/α,β-unsaturated/α-hetero) is 1. The average Bonchev–Trinajstić information content (AvgIpc) is 2.37. The summed E-state index contributed by atoms with van der Waals surface area (Å²) in [5.74, 6) is 4.65. The summed E-state index contributed by atoms with van der Waals surface area (Å²) < 4.78 is 1.36.